The van der Waals surface area contributed by atoms with Crippen LogP contribution in [0.1, 0.15) is 38.0 Å². The number of amides is 1. The van der Waals surface area contributed by atoms with Crippen molar-refractivity contribution in [2.24, 2.45) is 11.8 Å². The molecule has 1 amide bonds. The lowest BCUT2D eigenvalue weighted by atomic mass is 9.90. The largest absolute Gasteiger partial charge is 0.382 e. The van der Waals surface area contributed by atoms with Gasteiger partial charge in [-0.05, 0) is 30.0 Å². The van der Waals surface area contributed by atoms with E-state index in [0.29, 0.717) is 18.6 Å². The highest BCUT2D eigenvalue weighted by atomic mass is 79.9. The van der Waals surface area contributed by atoms with Gasteiger partial charge < -0.3 is 9.84 Å². The molecular weight excluding hydrogens is 400 g/mol. The molecule has 0 bridgehead atoms. The number of benzene rings is 1. The molecule has 0 spiro atoms. The second-order valence-corrected chi connectivity index (χ2v) is 7.69. The summed E-state index contributed by atoms with van der Waals surface area (Å²) >= 11 is 3.37. The van der Waals surface area contributed by atoms with Gasteiger partial charge in [-0.25, -0.2) is 0 Å². The molecule has 1 atom stereocenters. The van der Waals surface area contributed by atoms with E-state index in [9.17, 15) is 14.4 Å². The summed E-state index contributed by atoms with van der Waals surface area (Å²) < 4.78 is 5.88. The van der Waals surface area contributed by atoms with E-state index in [-0.39, 0.29) is 36.1 Å². The number of nitrogens with one attached hydrogen (secondary N) is 2. The number of ketones is 1. The Labute approximate surface area is 160 Å². The fourth-order valence-electron chi connectivity index (χ4n) is 2.76. The van der Waals surface area contributed by atoms with E-state index in [1.165, 1.54) is 6.07 Å². The number of carbonyl (C=O) groups excluding carboxylic acids is 2. The van der Waals surface area contributed by atoms with E-state index in [1.54, 1.807) is 0 Å². The van der Waals surface area contributed by atoms with Gasteiger partial charge in [-0.1, -0.05) is 41.9 Å². The first-order valence-electron chi connectivity index (χ1n) is 8.54. The van der Waals surface area contributed by atoms with Crippen LogP contribution in [0.2, 0.25) is 0 Å². The molecule has 0 unspecified atom stereocenters. The third kappa shape index (κ3) is 6.63. The van der Waals surface area contributed by atoms with E-state index in [4.69, 9.17) is 4.52 Å². The molecule has 0 saturated carbocycles. The summed E-state index contributed by atoms with van der Waals surface area (Å²) in [6, 6.07) is 8.87. The van der Waals surface area contributed by atoms with Crippen molar-refractivity contribution in [2.45, 2.75) is 39.7 Å². The van der Waals surface area contributed by atoms with Crippen LogP contribution < -0.4 is 10.9 Å². The third-order valence-corrected chi connectivity index (χ3v) is 4.46. The second kappa shape index (κ2) is 9.52. The molecule has 6 nitrogen and oxygen atoms in total. The highest BCUT2D eigenvalue weighted by Crippen LogP contribution is 2.18. The van der Waals surface area contributed by atoms with E-state index in [2.05, 4.69) is 26.4 Å². The van der Waals surface area contributed by atoms with E-state index in [0.717, 1.165) is 10.0 Å². The summed E-state index contributed by atoms with van der Waals surface area (Å²) in [5, 5.41) is 4.92. The highest BCUT2D eigenvalue weighted by molar-refractivity contribution is 9.10. The Balaban J connectivity index is 1.94. The standard InChI is InChI=1S/C19H23BrN2O4/c1-12(2)7-14(19(25)21-11-17-10-18(24)22-26-17)9-16(23)8-13-3-5-15(20)6-4-13/h3-6,10,12,14H,7-9,11H2,1-2H3,(H,21,25)(H,22,24)/t14-/m1/s1. The first-order chi connectivity index (χ1) is 12.3. The monoisotopic (exact) mass is 422 g/mol. The number of aromatic nitrogens is 1. The lowest BCUT2D eigenvalue weighted by Crippen LogP contribution is -2.32. The molecule has 0 saturated heterocycles. The molecule has 2 aromatic rings. The number of hydrogen-bond acceptors (Lipinski definition) is 4. The van der Waals surface area contributed by atoms with Crippen molar-refractivity contribution in [2.75, 3.05) is 0 Å². The maximum atomic E-state index is 12.5. The average Bonchev–Trinajstić information content (AvgIpc) is 2.99. The SMILES string of the molecule is CC(C)C[C@H](CC(=O)Cc1ccc(Br)cc1)C(=O)NCc1cc(=O)[nH]o1. The number of hydrogen-bond donors (Lipinski definition) is 2. The lowest BCUT2D eigenvalue weighted by molar-refractivity contribution is -0.130. The number of halogens is 1. The molecule has 0 aliphatic heterocycles. The topological polar surface area (TPSA) is 92.2 Å². The number of carbonyl (C=O) groups is 2. The minimum absolute atomic E-state index is 0.0290. The van der Waals surface area contributed by atoms with Crippen molar-refractivity contribution >= 4 is 27.6 Å². The fraction of sp³-hybridized carbons (Fsp3) is 0.421. The Bertz CT molecular complexity index is 792. The summed E-state index contributed by atoms with van der Waals surface area (Å²) in [5.41, 5.74) is 0.577. The molecule has 0 aliphatic rings. The third-order valence-electron chi connectivity index (χ3n) is 3.93. The number of aromatic amines is 1. The Hall–Kier alpha value is -2.15. The zero-order valence-corrected chi connectivity index (χ0v) is 16.5. The Morgan fingerprint density at radius 3 is 2.50 bits per heavy atom. The number of Topliss-reactive ketones (excluding diaryl/α,β-unsaturated/α-hetero) is 1. The first-order valence-corrected chi connectivity index (χ1v) is 9.34. The molecule has 2 N–H and O–H groups in total. The molecule has 0 aliphatic carbocycles. The average molecular weight is 423 g/mol. The van der Waals surface area contributed by atoms with E-state index < -0.39 is 5.92 Å². The quantitative estimate of drug-likeness (QED) is 0.648. The van der Waals surface area contributed by atoms with Gasteiger partial charge in [0.1, 0.15) is 5.78 Å². The van der Waals surface area contributed by atoms with Crippen LogP contribution in [-0.4, -0.2) is 16.8 Å². The van der Waals surface area contributed by atoms with Gasteiger partial charge in [0.2, 0.25) is 5.91 Å². The van der Waals surface area contributed by atoms with Crippen molar-refractivity contribution in [3.63, 3.8) is 0 Å². The summed E-state index contributed by atoms with van der Waals surface area (Å²) in [7, 11) is 0. The minimum Gasteiger partial charge on any atom is -0.382 e. The molecule has 1 heterocycles. The molecule has 7 heteroatoms. The predicted octanol–water partition coefficient (Wildman–Crippen LogP) is 3.21. The van der Waals surface area contributed by atoms with E-state index >= 15 is 0 Å². The lowest BCUT2D eigenvalue weighted by Gasteiger charge is -2.18. The maximum Gasteiger partial charge on any atom is 0.280 e. The van der Waals surface area contributed by atoms with Crippen molar-refractivity contribution in [3.8, 4) is 0 Å². The summed E-state index contributed by atoms with van der Waals surface area (Å²) in [6.45, 7) is 4.16. The van der Waals surface area contributed by atoms with Gasteiger partial charge in [-0.15, -0.1) is 0 Å². The maximum absolute atomic E-state index is 12.5. The summed E-state index contributed by atoms with van der Waals surface area (Å²) in [5.74, 6) is 0.0703. The van der Waals surface area contributed by atoms with Crippen LogP contribution in [0, 0.1) is 11.8 Å². The van der Waals surface area contributed by atoms with Crippen LogP contribution >= 0.6 is 15.9 Å². The van der Waals surface area contributed by atoms with Crippen LogP contribution in [0.15, 0.2) is 44.1 Å². The molecule has 26 heavy (non-hydrogen) atoms. The number of rotatable bonds is 9. The van der Waals surface area contributed by atoms with Crippen LogP contribution in [-0.2, 0) is 22.6 Å². The Morgan fingerprint density at radius 2 is 1.92 bits per heavy atom. The van der Waals surface area contributed by atoms with Gasteiger partial charge in [0.25, 0.3) is 5.56 Å². The van der Waals surface area contributed by atoms with Gasteiger partial charge in [-0.2, -0.15) is 5.16 Å². The normalized spacial score (nSPS) is 12.2. The fourth-order valence-corrected chi connectivity index (χ4v) is 3.02. The smallest absolute Gasteiger partial charge is 0.280 e. The van der Waals surface area contributed by atoms with Crippen LogP contribution in [0.3, 0.4) is 0 Å². The van der Waals surface area contributed by atoms with E-state index in [1.807, 2.05) is 38.1 Å². The first kappa shape index (κ1) is 20.2. The molecule has 2 rings (SSSR count). The van der Waals surface area contributed by atoms with Gasteiger partial charge in [0, 0.05) is 29.3 Å². The highest BCUT2D eigenvalue weighted by Gasteiger charge is 2.23. The zero-order valence-electron chi connectivity index (χ0n) is 14.9. The molecular formula is C19H23BrN2O4. The molecule has 1 aromatic carbocycles. The minimum atomic E-state index is -0.399. The zero-order chi connectivity index (χ0) is 19.1. The second-order valence-electron chi connectivity index (χ2n) is 6.77. The molecule has 1 aromatic heterocycles. The predicted molar refractivity (Wildman–Crippen MR) is 102 cm³/mol. The van der Waals surface area contributed by atoms with Gasteiger partial charge >= 0.3 is 0 Å². The Kier molecular flexibility index (Phi) is 7.38. The van der Waals surface area contributed by atoms with Crippen molar-refractivity contribution in [1.82, 2.24) is 10.5 Å². The van der Waals surface area contributed by atoms with Crippen molar-refractivity contribution in [1.29, 1.82) is 0 Å². The van der Waals surface area contributed by atoms with Gasteiger partial charge in [0.15, 0.2) is 5.76 Å². The summed E-state index contributed by atoms with van der Waals surface area (Å²) in [4.78, 5) is 36.0. The van der Waals surface area contributed by atoms with Crippen LogP contribution in [0.4, 0.5) is 0 Å². The molecule has 0 fully saturated rings. The van der Waals surface area contributed by atoms with Gasteiger partial charge in [-0.3, -0.25) is 14.4 Å². The van der Waals surface area contributed by atoms with Crippen LogP contribution in [0.25, 0.3) is 0 Å². The Morgan fingerprint density at radius 1 is 1.23 bits per heavy atom. The summed E-state index contributed by atoms with van der Waals surface area (Å²) in [6.07, 6.45) is 1.12. The number of H-pyrrole nitrogens is 1. The van der Waals surface area contributed by atoms with Crippen molar-refractivity contribution < 1.29 is 14.1 Å². The van der Waals surface area contributed by atoms with Gasteiger partial charge in [0.05, 0.1) is 6.54 Å². The molecule has 0 radical (unpaired) electrons. The molecule has 140 valence electrons. The van der Waals surface area contributed by atoms with Crippen LogP contribution in [0.5, 0.6) is 0 Å². The van der Waals surface area contributed by atoms with Crippen molar-refractivity contribution in [3.05, 3.63) is 56.5 Å².